The van der Waals surface area contributed by atoms with Crippen LogP contribution in [-0.2, 0) is 17.6 Å². The number of fused-ring (bicyclic) bond motifs is 1. The van der Waals surface area contributed by atoms with Gasteiger partial charge in [-0.2, -0.15) is 0 Å². The van der Waals surface area contributed by atoms with E-state index in [4.69, 9.17) is 28.6 Å². The van der Waals surface area contributed by atoms with Crippen molar-refractivity contribution in [2.75, 3.05) is 17.2 Å². The van der Waals surface area contributed by atoms with Crippen molar-refractivity contribution in [3.05, 3.63) is 45.3 Å². The van der Waals surface area contributed by atoms with E-state index in [0.29, 0.717) is 22.3 Å². The largest absolute Gasteiger partial charge is 0.462 e. The minimum absolute atomic E-state index is 0.274. The number of esters is 1. The van der Waals surface area contributed by atoms with Gasteiger partial charge in [0.05, 0.1) is 12.2 Å². The molecule has 0 bridgehead atoms. The Kier molecular flexibility index (Phi) is 6.51. The molecule has 138 valence electrons. The molecule has 1 aliphatic carbocycles. The van der Waals surface area contributed by atoms with E-state index in [2.05, 4.69) is 10.6 Å². The molecule has 0 aliphatic heterocycles. The highest BCUT2D eigenvalue weighted by Crippen LogP contribution is 2.38. The van der Waals surface area contributed by atoms with Crippen LogP contribution >= 0.6 is 35.2 Å². The van der Waals surface area contributed by atoms with Crippen LogP contribution in [0.3, 0.4) is 0 Å². The molecule has 0 radical (unpaired) electrons. The number of rotatable bonds is 4. The summed E-state index contributed by atoms with van der Waals surface area (Å²) in [5.41, 5.74) is 2.61. The zero-order valence-corrected chi connectivity index (χ0v) is 17.0. The number of anilines is 2. The van der Waals surface area contributed by atoms with Crippen molar-refractivity contribution in [1.29, 1.82) is 0 Å². The molecule has 0 unspecified atom stereocenters. The summed E-state index contributed by atoms with van der Waals surface area (Å²) in [5, 5.41) is 8.19. The van der Waals surface area contributed by atoms with Gasteiger partial charge in [-0.1, -0.05) is 18.0 Å². The Morgan fingerprint density at radius 1 is 1.19 bits per heavy atom. The van der Waals surface area contributed by atoms with Gasteiger partial charge in [0.2, 0.25) is 0 Å². The molecule has 2 N–H and O–H groups in total. The molecule has 2 aromatic rings. The van der Waals surface area contributed by atoms with E-state index in [1.54, 1.807) is 23.5 Å². The number of halogens is 1. The summed E-state index contributed by atoms with van der Waals surface area (Å²) in [6, 6.07) is 7.30. The third kappa shape index (κ3) is 4.55. The van der Waals surface area contributed by atoms with E-state index < -0.39 is 0 Å². The Hall–Kier alpha value is -1.63. The predicted octanol–water partition coefficient (Wildman–Crippen LogP) is 5.66. The van der Waals surface area contributed by atoms with Crippen molar-refractivity contribution in [1.82, 2.24) is 0 Å². The number of carbonyl (C=O) groups excluding carboxylic acids is 1. The van der Waals surface area contributed by atoms with Gasteiger partial charge in [0.15, 0.2) is 5.11 Å². The van der Waals surface area contributed by atoms with E-state index in [1.807, 2.05) is 19.1 Å². The molecule has 1 aromatic heterocycles. The third-order valence-electron chi connectivity index (χ3n) is 4.23. The first-order valence-corrected chi connectivity index (χ1v) is 10.3. The topological polar surface area (TPSA) is 50.4 Å². The maximum atomic E-state index is 12.6. The molecule has 4 nitrogen and oxygen atoms in total. The molecule has 3 rings (SSSR count). The first-order valence-electron chi connectivity index (χ1n) is 8.73. The highest BCUT2D eigenvalue weighted by atomic mass is 35.5. The van der Waals surface area contributed by atoms with Gasteiger partial charge in [-0.3, -0.25) is 0 Å². The first kappa shape index (κ1) is 19.1. The van der Waals surface area contributed by atoms with Crippen LogP contribution in [0.15, 0.2) is 24.3 Å². The summed E-state index contributed by atoms with van der Waals surface area (Å²) >= 11 is 12.9. The molecule has 1 aliphatic rings. The standard InChI is InChI=1S/C19H21ClN2O2S2/c1-2-24-18(23)16-14-6-4-3-5-7-15(14)26-17(16)22-19(25)21-13-10-8-12(20)9-11-13/h8-11H,2-7H2,1H3,(H2,21,22,25). The lowest BCUT2D eigenvalue weighted by Gasteiger charge is -2.11. The predicted molar refractivity (Wildman–Crippen MR) is 113 cm³/mol. The minimum atomic E-state index is -0.274. The number of aryl methyl sites for hydroxylation is 1. The van der Waals surface area contributed by atoms with Gasteiger partial charge in [0.25, 0.3) is 0 Å². The lowest BCUT2D eigenvalue weighted by Crippen LogP contribution is -2.20. The molecule has 0 spiro atoms. The molecule has 1 aromatic carbocycles. The Balaban J connectivity index is 1.82. The molecule has 0 amide bonds. The fraction of sp³-hybridized carbons (Fsp3) is 0.368. The van der Waals surface area contributed by atoms with Gasteiger partial charge in [-0.05, 0) is 74.7 Å². The van der Waals surface area contributed by atoms with Gasteiger partial charge < -0.3 is 15.4 Å². The Morgan fingerprint density at radius 3 is 2.65 bits per heavy atom. The Morgan fingerprint density at radius 2 is 1.92 bits per heavy atom. The lowest BCUT2D eigenvalue weighted by molar-refractivity contribution is 0.0527. The lowest BCUT2D eigenvalue weighted by atomic mass is 10.1. The summed E-state index contributed by atoms with van der Waals surface area (Å²) in [6.07, 6.45) is 5.37. The highest BCUT2D eigenvalue weighted by Gasteiger charge is 2.26. The molecular weight excluding hydrogens is 388 g/mol. The fourth-order valence-electron chi connectivity index (χ4n) is 3.05. The fourth-order valence-corrected chi connectivity index (χ4v) is 4.74. The number of hydrogen-bond acceptors (Lipinski definition) is 4. The Bertz CT molecular complexity index is 803. The van der Waals surface area contributed by atoms with Gasteiger partial charge in [0, 0.05) is 15.6 Å². The van der Waals surface area contributed by atoms with E-state index in [9.17, 15) is 4.79 Å². The minimum Gasteiger partial charge on any atom is -0.462 e. The van der Waals surface area contributed by atoms with Crippen molar-refractivity contribution in [2.45, 2.75) is 39.0 Å². The molecule has 0 saturated heterocycles. The van der Waals surface area contributed by atoms with Crippen LogP contribution in [-0.4, -0.2) is 17.7 Å². The number of nitrogens with one attached hydrogen (secondary N) is 2. The summed E-state index contributed by atoms with van der Waals surface area (Å²) in [6.45, 7) is 2.18. The second-order valence-electron chi connectivity index (χ2n) is 6.08. The zero-order valence-electron chi connectivity index (χ0n) is 14.6. The summed E-state index contributed by atoms with van der Waals surface area (Å²) in [7, 11) is 0. The van der Waals surface area contributed by atoms with Gasteiger partial charge in [-0.25, -0.2) is 4.79 Å². The average molecular weight is 409 g/mol. The smallest absolute Gasteiger partial charge is 0.341 e. The first-order chi connectivity index (χ1) is 12.6. The average Bonchev–Trinajstić information content (AvgIpc) is 2.78. The van der Waals surface area contributed by atoms with Crippen LogP contribution < -0.4 is 10.6 Å². The summed E-state index contributed by atoms with van der Waals surface area (Å²) in [4.78, 5) is 13.8. The second kappa shape index (κ2) is 8.84. The van der Waals surface area contributed by atoms with Gasteiger partial charge >= 0.3 is 5.97 Å². The van der Waals surface area contributed by atoms with Crippen molar-refractivity contribution in [3.63, 3.8) is 0 Å². The van der Waals surface area contributed by atoms with E-state index >= 15 is 0 Å². The number of thiocarbonyl (C=S) groups is 1. The van der Waals surface area contributed by atoms with Crippen LogP contribution in [0.1, 0.15) is 47.0 Å². The van der Waals surface area contributed by atoms with Crippen LogP contribution in [0.4, 0.5) is 10.7 Å². The molecule has 0 fully saturated rings. The van der Waals surface area contributed by atoms with Gasteiger partial charge in [0.1, 0.15) is 5.00 Å². The van der Waals surface area contributed by atoms with E-state index in [0.717, 1.165) is 41.9 Å². The van der Waals surface area contributed by atoms with Crippen molar-refractivity contribution >= 4 is 56.9 Å². The normalized spacial score (nSPS) is 13.5. The Labute approximate surface area is 167 Å². The zero-order chi connectivity index (χ0) is 18.5. The van der Waals surface area contributed by atoms with Crippen LogP contribution in [0.5, 0.6) is 0 Å². The van der Waals surface area contributed by atoms with E-state index in [1.165, 1.54) is 11.3 Å². The number of benzene rings is 1. The van der Waals surface area contributed by atoms with Crippen LogP contribution in [0, 0.1) is 0 Å². The van der Waals surface area contributed by atoms with Crippen LogP contribution in [0.2, 0.25) is 5.02 Å². The molecular formula is C19H21ClN2O2S2. The number of ether oxygens (including phenoxy) is 1. The molecule has 0 atom stereocenters. The van der Waals surface area contributed by atoms with Crippen LogP contribution in [0.25, 0.3) is 0 Å². The molecule has 1 heterocycles. The quantitative estimate of drug-likeness (QED) is 0.388. The SMILES string of the molecule is CCOC(=O)c1c(NC(=S)Nc2ccc(Cl)cc2)sc2c1CCCCC2. The summed E-state index contributed by atoms with van der Waals surface area (Å²) < 4.78 is 5.30. The van der Waals surface area contributed by atoms with Crippen molar-refractivity contribution < 1.29 is 9.53 Å². The second-order valence-corrected chi connectivity index (χ2v) is 8.02. The highest BCUT2D eigenvalue weighted by molar-refractivity contribution is 7.80. The monoisotopic (exact) mass is 408 g/mol. The van der Waals surface area contributed by atoms with E-state index in [-0.39, 0.29) is 5.97 Å². The number of hydrogen-bond donors (Lipinski definition) is 2. The maximum Gasteiger partial charge on any atom is 0.341 e. The maximum absolute atomic E-state index is 12.6. The van der Waals surface area contributed by atoms with Gasteiger partial charge in [-0.15, -0.1) is 11.3 Å². The molecule has 26 heavy (non-hydrogen) atoms. The van der Waals surface area contributed by atoms with Crippen molar-refractivity contribution in [3.8, 4) is 0 Å². The number of thiophene rings is 1. The molecule has 0 saturated carbocycles. The number of carbonyl (C=O) groups is 1. The van der Waals surface area contributed by atoms with Crippen molar-refractivity contribution in [2.24, 2.45) is 0 Å². The summed E-state index contributed by atoms with van der Waals surface area (Å²) in [5.74, 6) is -0.274. The third-order valence-corrected chi connectivity index (χ3v) is 5.89. The molecule has 7 heteroatoms.